The molecule has 0 saturated carbocycles. The van der Waals surface area contributed by atoms with Gasteiger partial charge in [0, 0.05) is 32.0 Å². The van der Waals surface area contributed by atoms with Crippen LogP contribution in [0.1, 0.15) is 24.1 Å². The number of ether oxygens (including phenoxy) is 2. The molecule has 7 heteroatoms. The van der Waals surface area contributed by atoms with Crippen LogP contribution in [0, 0.1) is 10.1 Å². The van der Waals surface area contributed by atoms with Gasteiger partial charge in [-0.05, 0) is 17.7 Å². The first-order valence-electron chi connectivity index (χ1n) is 8.06. The minimum atomic E-state index is -0.408. The van der Waals surface area contributed by atoms with Crippen LogP contribution < -0.4 is 9.47 Å². The van der Waals surface area contributed by atoms with Gasteiger partial charge in [-0.3, -0.25) is 14.9 Å². The zero-order chi connectivity index (χ0) is 19.3. The van der Waals surface area contributed by atoms with E-state index in [0.29, 0.717) is 23.5 Å². The molecule has 1 amide bonds. The largest absolute Gasteiger partial charge is 0.493 e. The molecule has 7 nitrogen and oxygen atoms in total. The van der Waals surface area contributed by atoms with Crippen LogP contribution in [0.4, 0.5) is 5.69 Å². The SMILES string of the molecule is COc1ccc(C(Cc2ccccc2[N+](=O)[O-])N(C)C(C)=O)cc1OC. The third-order valence-corrected chi connectivity index (χ3v) is 4.36. The Morgan fingerprint density at radius 1 is 1.15 bits per heavy atom. The van der Waals surface area contributed by atoms with Crippen molar-refractivity contribution in [2.24, 2.45) is 0 Å². The predicted molar refractivity (Wildman–Crippen MR) is 97.5 cm³/mol. The van der Waals surface area contributed by atoms with Gasteiger partial charge in [-0.25, -0.2) is 0 Å². The number of nitro benzene ring substituents is 1. The fourth-order valence-corrected chi connectivity index (χ4v) is 2.83. The maximum Gasteiger partial charge on any atom is 0.272 e. The minimum absolute atomic E-state index is 0.0370. The number of para-hydroxylation sites is 1. The molecular weight excluding hydrogens is 336 g/mol. The molecule has 2 aromatic carbocycles. The number of methoxy groups -OCH3 is 2. The van der Waals surface area contributed by atoms with Crippen LogP contribution in [0.5, 0.6) is 11.5 Å². The lowest BCUT2D eigenvalue weighted by molar-refractivity contribution is -0.385. The van der Waals surface area contributed by atoms with Crippen molar-refractivity contribution in [3.63, 3.8) is 0 Å². The molecule has 0 heterocycles. The first-order chi connectivity index (χ1) is 12.4. The van der Waals surface area contributed by atoms with Gasteiger partial charge in [0.2, 0.25) is 5.91 Å². The van der Waals surface area contributed by atoms with E-state index in [0.717, 1.165) is 5.56 Å². The van der Waals surface area contributed by atoms with Gasteiger partial charge in [0.05, 0.1) is 25.2 Å². The lowest BCUT2D eigenvalue weighted by atomic mass is 9.96. The highest BCUT2D eigenvalue weighted by Crippen LogP contribution is 2.34. The Kier molecular flexibility index (Phi) is 6.16. The van der Waals surface area contributed by atoms with Gasteiger partial charge in [0.1, 0.15) is 0 Å². The Bertz CT molecular complexity index is 806. The maximum absolute atomic E-state index is 12.0. The molecule has 0 radical (unpaired) electrons. The van der Waals surface area contributed by atoms with Gasteiger partial charge >= 0.3 is 0 Å². The summed E-state index contributed by atoms with van der Waals surface area (Å²) in [6.07, 6.45) is 0.308. The third-order valence-electron chi connectivity index (χ3n) is 4.36. The number of amides is 1. The Labute approximate surface area is 152 Å². The molecule has 2 rings (SSSR count). The molecule has 2 aromatic rings. The van der Waals surface area contributed by atoms with Gasteiger partial charge in [-0.15, -0.1) is 0 Å². The van der Waals surface area contributed by atoms with Gasteiger partial charge in [-0.1, -0.05) is 24.3 Å². The average Bonchev–Trinajstić information content (AvgIpc) is 2.65. The van der Waals surface area contributed by atoms with Gasteiger partial charge in [-0.2, -0.15) is 0 Å². The number of hydrogen-bond donors (Lipinski definition) is 0. The minimum Gasteiger partial charge on any atom is -0.493 e. The number of rotatable bonds is 7. The highest BCUT2D eigenvalue weighted by atomic mass is 16.6. The molecular formula is C19H22N2O5. The Morgan fingerprint density at radius 3 is 2.38 bits per heavy atom. The normalized spacial score (nSPS) is 11.5. The molecule has 0 bridgehead atoms. The second-order valence-corrected chi connectivity index (χ2v) is 5.85. The van der Waals surface area contributed by atoms with E-state index in [1.165, 1.54) is 20.1 Å². The van der Waals surface area contributed by atoms with Crippen molar-refractivity contribution >= 4 is 11.6 Å². The lowest BCUT2D eigenvalue weighted by Crippen LogP contribution is -2.30. The van der Waals surface area contributed by atoms with E-state index in [9.17, 15) is 14.9 Å². The van der Waals surface area contributed by atoms with Gasteiger partial charge < -0.3 is 14.4 Å². The summed E-state index contributed by atoms with van der Waals surface area (Å²) >= 11 is 0. The van der Waals surface area contributed by atoms with Crippen LogP contribution in [0.25, 0.3) is 0 Å². The third kappa shape index (κ3) is 4.11. The fraction of sp³-hybridized carbons (Fsp3) is 0.316. The Balaban J connectivity index is 2.49. The van der Waals surface area contributed by atoms with Crippen LogP contribution in [0.15, 0.2) is 42.5 Å². The van der Waals surface area contributed by atoms with E-state index in [1.807, 2.05) is 6.07 Å². The van der Waals surface area contributed by atoms with Crippen LogP contribution in [-0.2, 0) is 11.2 Å². The Morgan fingerprint density at radius 2 is 1.81 bits per heavy atom. The number of nitrogens with zero attached hydrogens (tertiary/aromatic N) is 2. The van der Waals surface area contributed by atoms with E-state index in [2.05, 4.69) is 0 Å². The number of carbonyl (C=O) groups excluding carboxylic acids is 1. The first-order valence-corrected chi connectivity index (χ1v) is 8.06. The Hall–Kier alpha value is -3.09. The average molecular weight is 358 g/mol. The highest BCUT2D eigenvalue weighted by molar-refractivity contribution is 5.73. The van der Waals surface area contributed by atoms with Gasteiger partial charge in [0.25, 0.3) is 5.69 Å². The molecule has 26 heavy (non-hydrogen) atoms. The molecule has 0 aliphatic heterocycles. The number of hydrogen-bond acceptors (Lipinski definition) is 5. The van der Waals surface area contributed by atoms with Crippen molar-refractivity contribution in [1.29, 1.82) is 0 Å². The standard InChI is InChI=1S/C19H22N2O5/c1-13(22)20(2)17(11-14-7-5-6-8-16(14)21(23)24)15-9-10-18(25-3)19(12-15)26-4/h5-10,12,17H,11H2,1-4H3. The van der Waals surface area contributed by atoms with E-state index in [1.54, 1.807) is 49.4 Å². The fourth-order valence-electron chi connectivity index (χ4n) is 2.83. The summed E-state index contributed by atoms with van der Waals surface area (Å²) in [5.74, 6) is 0.976. The summed E-state index contributed by atoms with van der Waals surface area (Å²) in [7, 11) is 4.76. The number of nitro groups is 1. The molecule has 0 N–H and O–H groups in total. The van der Waals surface area contributed by atoms with E-state index in [-0.39, 0.29) is 17.6 Å². The molecule has 0 aliphatic carbocycles. The lowest BCUT2D eigenvalue weighted by Gasteiger charge is -2.28. The van der Waals surface area contributed by atoms with Crippen molar-refractivity contribution < 1.29 is 19.2 Å². The molecule has 0 aromatic heterocycles. The zero-order valence-corrected chi connectivity index (χ0v) is 15.3. The topological polar surface area (TPSA) is 81.9 Å². The molecule has 138 valence electrons. The summed E-state index contributed by atoms with van der Waals surface area (Å²) in [5.41, 5.74) is 1.40. The van der Waals surface area contributed by atoms with E-state index < -0.39 is 4.92 Å². The van der Waals surface area contributed by atoms with Crippen molar-refractivity contribution in [3.8, 4) is 11.5 Å². The molecule has 0 spiro atoms. The predicted octanol–water partition coefficient (Wildman–Crippen LogP) is 3.37. The summed E-state index contributed by atoms with van der Waals surface area (Å²) in [6.45, 7) is 1.47. The molecule has 1 unspecified atom stereocenters. The van der Waals surface area contributed by atoms with Crippen LogP contribution in [0.3, 0.4) is 0 Å². The zero-order valence-electron chi connectivity index (χ0n) is 15.3. The van der Waals surface area contributed by atoms with Crippen molar-refractivity contribution in [3.05, 3.63) is 63.7 Å². The maximum atomic E-state index is 12.0. The summed E-state index contributed by atoms with van der Waals surface area (Å²) < 4.78 is 10.6. The van der Waals surface area contributed by atoms with Crippen molar-refractivity contribution in [1.82, 2.24) is 4.90 Å². The molecule has 0 saturated heterocycles. The second kappa shape index (κ2) is 8.33. The molecule has 0 aliphatic rings. The second-order valence-electron chi connectivity index (χ2n) is 5.85. The van der Waals surface area contributed by atoms with Crippen LogP contribution in [-0.4, -0.2) is 37.0 Å². The van der Waals surface area contributed by atoms with Crippen molar-refractivity contribution in [2.75, 3.05) is 21.3 Å². The summed E-state index contributed by atoms with van der Waals surface area (Å²) in [4.78, 5) is 24.5. The smallest absolute Gasteiger partial charge is 0.272 e. The highest BCUT2D eigenvalue weighted by Gasteiger charge is 2.24. The van der Waals surface area contributed by atoms with Crippen LogP contribution in [0.2, 0.25) is 0 Å². The monoisotopic (exact) mass is 358 g/mol. The van der Waals surface area contributed by atoms with E-state index in [4.69, 9.17) is 9.47 Å². The number of carbonyl (C=O) groups is 1. The quantitative estimate of drug-likeness (QED) is 0.560. The molecule has 1 atom stereocenters. The number of benzene rings is 2. The van der Waals surface area contributed by atoms with Gasteiger partial charge in [0.15, 0.2) is 11.5 Å². The molecule has 0 fully saturated rings. The summed E-state index contributed by atoms with van der Waals surface area (Å²) in [5, 5.41) is 11.3. The summed E-state index contributed by atoms with van der Waals surface area (Å²) in [6, 6.07) is 11.6. The van der Waals surface area contributed by atoms with Crippen LogP contribution >= 0.6 is 0 Å². The first kappa shape index (κ1) is 19.2. The van der Waals surface area contributed by atoms with Crippen molar-refractivity contribution in [2.45, 2.75) is 19.4 Å². The van der Waals surface area contributed by atoms with E-state index >= 15 is 0 Å². The number of likely N-dealkylation sites (N-methyl/N-ethyl adjacent to an activating group) is 1.